The first-order chi connectivity index (χ1) is 15.7. The van der Waals surface area contributed by atoms with E-state index < -0.39 is 0 Å². The number of likely N-dealkylation sites (tertiary alicyclic amines) is 1. The van der Waals surface area contributed by atoms with Crippen molar-refractivity contribution in [3.63, 3.8) is 0 Å². The van der Waals surface area contributed by atoms with Crippen LogP contribution in [0.3, 0.4) is 0 Å². The van der Waals surface area contributed by atoms with Crippen LogP contribution in [-0.2, 0) is 13.0 Å². The maximum Gasteiger partial charge on any atom is 0.261 e. The van der Waals surface area contributed by atoms with Gasteiger partial charge in [0.2, 0.25) is 0 Å². The highest BCUT2D eigenvalue weighted by Crippen LogP contribution is 2.33. The molecule has 2 aliphatic rings. The summed E-state index contributed by atoms with van der Waals surface area (Å²) in [7, 11) is 0. The SMILES string of the molecule is C[C@@H]1Cc2cc(CN3CCC([C@@H](NC(=O)c4cccs4)c4ccccn4)CC3)ccc2O1. The van der Waals surface area contributed by atoms with E-state index in [4.69, 9.17) is 4.74 Å². The molecule has 0 bridgehead atoms. The van der Waals surface area contributed by atoms with Crippen molar-refractivity contribution >= 4 is 17.2 Å². The number of fused-ring (bicyclic) bond motifs is 1. The summed E-state index contributed by atoms with van der Waals surface area (Å²) in [6.45, 7) is 5.13. The summed E-state index contributed by atoms with van der Waals surface area (Å²) in [6.07, 6.45) is 5.17. The molecule has 4 heterocycles. The van der Waals surface area contributed by atoms with Gasteiger partial charge in [-0.2, -0.15) is 0 Å². The molecular formula is C26H29N3O2S. The van der Waals surface area contributed by atoms with Gasteiger partial charge in [0.15, 0.2) is 0 Å². The Morgan fingerprint density at radius 3 is 2.84 bits per heavy atom. The number of hydrogen-bond acceptors (Lipinski definition) is 5. The highest BCUT2D eigenvalue weighted by atomic mass is 32.1. The van der Waals surface area contributed by atoms with Crippen LogP contribution in [0.2, 0.25) is 0 Å². The van der Waals surface area contributed by atoms with Gasteiger partial charge in [-0.05, 0) is 79.5 Å². The predicted octanol–water partition coefficient (Wildman–Crippen LogP) is 4.85. The van der Waals surface area contributed by atoms with E-state index in [0.29, 0.717) is 5.92 Å². The molecule has 5 nitrogen and oxygen atoms in total. The molecule has 1 saturated heterocycles. The summed E-state index contributed by atoms with van der Waals surface area (Å²) in [5.41, 5.74) is 3.63. The van der Waals surface area contributed by atoms with E-state index in [0.717, 1.165) is 55.2 Å². The summed E-state index contributed by atoms with van der Waals surface area (Å²) in [5, 5.41) is 5.22. The molecule has 166 valence electrons. The van der Waals surface area contributed by atoms with Crippen LogP contribution < -0.4 is 10.1 Å². The maximum absolute atomic E-state index is 12.8. The Bertz CT molecular complexity index is 1050. The minimum atomic E-state index is -0.0634. The maximum atomic E-state index is 12.8. The van der Waals surface area contributed by atoms with E-state index in [1.54, 1.807) is 0 Å². The molecule has 1 N–H and O–H groups in total. The number of benzene rings is 1. The zero-order valence-corrected chi connectivity index (χ0v) is 19.2. The molecule has 0 radical (unpaired) electrons. The molecular weight excluding hydrogens is 418 g/mol. The van der Waals surface area contributed by atoms with Crippen molar-refractivity contribution in [2.45, 2.75) is 44.9 Å². The van der Waals surface area contributed by atoms with Gasteiger partial charge in [0.25, 0.3) is 5.91 Å². The van der Waals surface area contributed by atoms with E-state index in [-0.39, 0.29) is 18.1 Å². The van der Waals surface area contributed by atoms with E-state index >= 15 is 0 Å². The van der Waals surface area contributed by atoms with Gasteiger partial charge in [-0.1, -0.05) is 24.3 Å². The van der Waals surface area contributed by atoms with Crippen LogP contribution in [0.4, 0.5) is 0 Å². The van der Waals surface area contributed by atoms with Gasteiger partial charge in [0, 0.05) is 19.2 Å². The molecule has 6 heteroatoms. The van der Waals surface area contributed by atoms with Crippen LogP contribution in [0.15, 0.2) is 60.1 Å². The first-order valence-corrected chi connectivity index (χ1v) is 12.3. The molecule has 0 spiro atoms. The summed E-state index contributed by atoms with van der Waals surface area (Å²) in [5.74, 6) is 1.41. The van der Waals surface area contributed by atoms with Gasteiger partial charge in [-0.15, -0.1) is 11.3 Å². The molecule has 2 aromatic heterocycles. The number of nitrogens with zero attached hydrogens (tertiary/aromatic N) is 2. The number of ether oxygens (including phenoxy) is 1. The molecule has 5 rings (SSSR count). The average Bonchev–Trinajstić information content (AvgIpc) is 3.48. The van der Waals surface area contributed by atoms with Crippen molar-refractivity contribution in [3.8, 4) is 5.75 Å². The first kappa shape index (κ1) is 21.2. The van der Waals surface area contributed by atoms with Crippen molar-refractivity contribution in [1.82, 2.24) is 15.2 Å². The first-order valence-electron chi connectivity index (χ1n) is 11.4. The van der Waals surface area contributed by atoms with E-state index in [1.165, 1.54) is 22.5 Å². The molecule has 0 unspecified atom stereocenters. The van der Waals surface area contributed by atoms with Gasteiger partial charge in [0.1, 0.15) is 11.9 Å². The zero-order chi connectivity index (χ0) is 21.9. The van der Waals surface area contributed by atoms with Crippen LogP contribution in [-0.4, -0.2) is 35.0 Å². The number of nitrogens with one attached hydrogen (secondary N) is 1. The third-order valence-electron chi connectivity index (χ3n) is 6.51. The fraction of sp³-hybridized carbons (Fsp3) is 0.385. The molecule has 3 aromatic rings. The smallest absolute Gasteiger partial charge is 0.261 e. The Morgan fingerprint density at radius 2 is 2.09 bits per heavy atom. The quantitative estimate of drug-likeness (QED) is 0.587. The Hall–Kier alpha value is -2.70. The van der Waals surface area contributed by atoms with Crippen LogP contribution in [0.5, 0.6) is 5.75 Å². The van der Waals surface area contributed by atoms with E-state index in [9.17, 15) is 4.79 Å². The standard InChI is InChI=1S/C26H29N3O2S/c1-18-15-21-16-19(7-8-23(21)31-18)17-29-12-9-20(10-13-29)25(22-5-2-3-11-27-22)28-26(30)24-6-4-14-32-24/h2-8,11,14,16,18,20,25H,9-10,12-13,15,17H2,1H3,(H,28,30)/t18-,25-/m1/s1. The lowest BCUT2D eigenvalue weighted by atomic mass is 9.87. The normalized spacial score (nSPS) is 19.8. The van der Waals surface area contributed by atoms with Gasteiger partial charge in [-0.3, -0.25) is 14.7 Å². The number of pyridine rings is 1. The summed E-state index contributed by atoms with van der Waals surface area (Å²) >= 11 is 1.48. The summed E-state index contributed by atoms with van der Waals surface area (Å²) in [6, 6.07) is 16.3. The Labute approximate surface area is 193 Å². The third kappa shape index (κ3) is 4.71. The van der Waals surface area contributed by atoms with Crippen molar-refractivity contribution < 1.29 is 9.53 Å². The number of hydrogen-bond donors (Lipinski definition) is 1. The number of aromatic nitrogens is 1. The molecule has 0 saturated carbocycles. The van der Waals surface area contributed by atoms with Crippen molar-refractivity contribution in [2.24, 2.45) is 5.92 Å². The molecule has 1 amide bonds. The van der Waals surface area contributed by atoms with Gasteiger partial charge in [-0.25, -0.2) is 0 Å². The largest absolute Gasteiger partial charge is 0.490 e. The van der Waals surface area contributed by atoms with Crippen molar-refractivity contribution in [2.75, 3.05) is 13.1 Å². The Morgan fingerprint density at radius 1 is 1.22 bits per heavy atom. The second-order valence-corrected chi connectivity index (χ2v) is 9.82. The number of piperidine rings is 1. The van der Waals surface area contributed by atoms with Gasteiger partial charge >= 0.3 is 0 Å². The van der Waals surface area contributed by atoms with Crippen molar-refractivity contribution in [3.05, 3.63) is 81.8 Å². The zero-order valence-electron chi connectivity index (χ0n) is 18.4. The highest BCUT2D eigenvalue weighted by Gasteiger charge is 2.30. The van der Waals surface area contributed by atoms with Crippen LogP contribution in [0.1, 0.15) is 52.3 Å². The van der Waals surface area contributed by atoms with Gasteiger partial charge in [0.05, 0.1) is 16.6 Å². The van der Waals surface area contributed by atoms with E-state index in [1.807, 2.05) is 41.9 Å². The number of thiophene rings is 1. The van der Waals surface area contributed by atoms with Crippen LogP contribution in [0, 0.1) is 5.92 Å². The summed E-state index contributed by atoms with van der Waals surface area (Å²) < 4.78 is 5.84. The molecule has 2 atom stereocenters. The topological polar surface area (TPSA) is 54.5 Å². The van der Waals surface area contributed by atoms with E-state index in [2.05, 4.69) is 40.3 Å². The average molecular weight is 448 g/mol. The fourth-order valence-corrected chi connectivity index (χ4v) is 5.52. The Balaban J connectivity index is 1.23. The molecule has 2 aliphatic heterocycles. The predicted molar refractivity (Wildman–Crippen MR) is 127 cm³/mol. The van der Waals surface area contributed by atoms with Crippen LogP contribution in [0.25, 0.3) is 0 Å². The van der Waals surface area contributed by atoms with Crippen LogP contribution >= 0.6 is 11.3 Å². The molecule has 0 aliphatic carbocycles. The van der Waals surface area contributed by atoms with Gasteiger partial charge < -0.3 is 10.1 Å². The van der Waals surface area contributed by atoms with Crippen molar-refractivity contribution in [1.29, 1.82) is 0 Å². The second kappa shape index (κ2) is 9.43. The molecule has 1 aromatic carbocycles. The third-order valence-corrected chi connectivity index (χ3v) is 7.38. The minimum Gasteiger partial charge on any atom is -0.490 e. The molecule has 32 heavy (non-hydrogen) atoms. The number of carbonyl (C=O) groups excluding carboxylic acids is 1. The summed E-state index contributed by atoms with van der Waals surface area (Å²) in [4.78, 5) is 20.7. The number of carbonyl (C=O) groups is 1. The lowest BCUT2D eigenvalue weighted by molar-refractivity contribution is 0.0892. The minimum absolute atomic E-state index is 0.00679. The second-order valence-electron chi connectivity index (χ2n) is 8.87. The highest BCUT2D eigenvalue weighted by molar-refractivity contribution is 7.12. The lowest BCUT2D eigenvalue weighted by Gasteiger charge is -2.36. The number of amides is 1. The fourth-order valence-electron chi connectivity index (χ4n) is 4.89. The molecule has 1 fully saturated rings. The number of rotatable bonds is 6. The monoisotopic (exact) mass is 447 g/mol. The lowest BCUT2D eigenvalue weighted by Crippen LogP contribution is -2.40. The Kier molecular flexibility index (Phi) is 6.23.